The minimum Gasteiger partial charge on any atom is -0.392 e. The molecule has 2 aromatic rings. The Morgan fingerprint density at radius 3 is 2.12 bits per heavy atom. The Labute approximate surface area is 235 Å². The summed E-state index contributed by atoms with van der Waals surface area (Å²) in [7, 11) is 0. The minimum absolute atomic E-state index is 0.0387. The number of benzene rings is 2. The van der Waals surface area contributed by atoms with Crippen LogP contribution in [0.15, 0.2) is 36.4 Å². The summed E-state index contributed by atoms with van der Waals surface area (Å²) in [6.07, 6.45) is -15.4. The molecule has 0 aliphatic rings. The summed E-state index contributed by atoms with van der Waals surface area (Å²) in [5.74, 6) is -7.49. The maximum Gasteiger partial charge on any atom is 0.417 e. The number of aliphatic hydroxyl groups is 1. The first kappa shape index (κ1) is 34.2. The molecule has 0 spiro atoms. The molecular weight excluding hydrogens is 625 g/mol. The molecule has 3 N–H and O–H groups in total. The Kier molecular flexibility index (Phi) is 10.7. The van der Waals surface area contributed by atoms with Crippen LogP contribution in [0.2, 0.25) is 10.0 Å². The number of aliphatic hydroxyl groups excluding tert-OH is 1. The predicted molar refractivity (Wildman–Crippen MR) is 128 cm³/mol. The van der Waals surface area contributed by atoms with Gasteiger partial charge >= 0.3 is 18.5 Å². The van der Waals surface area contributed by atoms with Crippen molar-refractivity contribution in [2.75, 3.05) is 6.54 Å². The van der Waals surface area contributed by atoms with E-state index in [1.807, 2.05) is 0 Å². The highest BCUT2D eigenvalue weighted by atomic mass is 35.5. The molecule has 0 aromatic heterocycles. The molecule has 0 heterocycles. The maximum atomic E-state index is 15.0. The summed E-state index contributed by atoms with van der Waals surface area (Å²) in [4.78, 5) is 24.1. The lowest BCUT2D eigenvalue weighted by Gasteiger charge is -2.20. The molecule has 2 aromatic carbocycles. The molecule has 2 atom stereocenters. The van der Waals surface area contributed by atoms with Crippen LogP contribution in [0.3, 0.4) is 0 Å². The fourth-order valence-electron chi connectivity index (χ4n) is 3.39. The average Bonchev–Trinajstić information content (AvgIpc) is 2.85. The largest absolute Gasteiger partial charge is 0.417 e. The Morgan fingerprint density at radius 2 is 1.61 bits per heavy atom. The van der Waals surface area contributed by atoms with Crippen LogP contribution >= 0.6 is 23.2 Å². The van der Waals surface area contributed by atoms with Gasteiger partial charge in [-0.2, -0.15) is 39.5 Å². The van der Waals surface area contributed by atoms with E-state index >= 15 is 4.39 Å². The standard InChI is InChI=1S/C24H18Cl2F10N2O3/c1-10(20(40)37-9-22(28,29)30)38-21(41)14-3-2-11(5-16(14)24(34,35)36)18(27)7-15(23(31,32)33)12-4-13(8-39)19(26)17(25)6-12/h2-7,10,15,39H,8-9H2,1H3,(H,37,40)(H,38,41)/b18-7-. The number of alkyl halides is 9. The highest BCUT2D eigenvalue weighted by Gasteiger charge is 2.41. The molecule has 0 bridgehead atoms. The molecule has 17 heteroatoms. The second kappa shape index (κ2) is 12.9. The predicted octanol–water partition coefficient (Wildman–Crippen LogP) is 6.96. The van der Waals surface area contributed by atoms with E-state index in [1.165, 1.54) is 5.32 Å². The fourth-order valence-corrected chi connectivity index (χ4v) is 3.81. The van der Waals surface area contributed by atoms with E-state index in [1.54, 1.807) is 5.32 Å². The molecule has 0 radical (unpaired) electrons. The van der Waals surface area contributed by atoms with Gasteiger partial charge in [-0.05, 0) is 42.3 Å². The number of amides is 2. The second-order valence-corrected chi connectivity index (χ2v) is 9.24. The normalized spacial score (nSPS) is 14.4. The molecule has 2 unspecified atom stereocenters. The lowest BCUT2D eigenvalue weighted by molar-refractivity contribution is -0.140. The molecule has 2 rings (SSSR count). The highest BCUT2D eigenvalue weighted by molar-refractivity contribution is 6.42. The molecule has 0 fully saturated rings. The van der Waals surface area contributed by atoms with Crippen molar-refractivity contribution < 1.29 is 58.6 Å². The van der Waals surface area contributed by atoms with Crippen molar-refractivity contribution in [2.24, 2.45) is 0 Å². The summed E-state index contributed by atoms with van der Waals surface area (Å²) in [5.41, 5.74) is -4.92. The van der Waals surface area contributed by atoms with Crippen LogP contribution in [-0.4, -0.2) is 41.9 Å². The van der Waals surface area contributed by atoms with E-state index in [2.05, 4.69) is 0 Å². The van der Waals surface area contributed by atoms with Crippen LogP contribution < -0.4 is 10.6 Å². The fraction of sp³-hybridized carbons (Fsp3) is 0.333. The topological polar surface area (TPSA) is 78.4 Å². The van der Waals surface area contributed by atoms with Crippen LogP contribution in [-0.2, 0) is 17.6 Å². The Hall–Kier alpha value is -3.04. The van der Waals surface area contributed by atoms with Crippen molar-refractivity contribution in [1.82, 2.24) is 10.6 Å². The zero-order valence-corrected chi connectivity index (χ0v) is 21.8. The van der Waals surface area contributed by atoms with E-state index in [4.69, 9.17) is 23.2 Å². The maximum absolute atomic E-state index is 15.0. The monoisotopic (exact) mass is 642 g/mol. The van der Waals surface area contributed by atoms with Crippen LogP contribution in [0.5, 0.6) is 0 Å². The van der Waals surface area contributed by atoms with Gasteiger partial charge in [-0.15, -0.1) is 0 Å². The van der Waals surface area contributed by atoms with E-state index in [9.17, 15) is 54.2 Å². The first-order chi connectivity index (χ1) is 18.7. The van der Waals surface area contributed by atoms with Gasteiger partial charge in [-0.3, -0.25) is 9.59 Å². The van der Waals surface area contributed by atoms with E-state index in [-0.39, 0.29) is 22.7 Å². The zero-order chi connectivity index (χ0) is 31.5. The van der Waals surface area contributed by atoms with Crippen molar-refractivity contribution in [2.45, 2.75) is 44.0 Å². The third-order valence-electron chi connectivity index (χ3n) is 5.37. The highest BCUT2D eigenvalue weighted by Crippen LogP contribution is 2.42. The Morgan fingerprint density at radius 1 is 1.00 bits per heavy atom. The van der Waals surface area contributed by atoms with Gasteiger partial charge in [-0.1, -0.05) is 35.3 Å². The quantitative estimate of drug-likeness (QED) is 0.273. The van der Waals surface area contributed by atoms with Crippen molar-refractivity contribution in [3.8, 4) is 0 Å². The van der Waals surface area contributed by atoms with Gasteiger partial charge < -0.3 is 15.7 Å². The molecular formula is C24H18Cl2F10N2O3. The van der Waals surface area contributed by atoms with Crippen molar-refractivity contribution in [3.63, 3.8) is 0 Å². The smallest absolute Gasteiger partial charge is 0.392 e. The molecule has 226 valence electrons. The van der Waals surface area contributed by atoms with Gasteiger partial charge in [0.2, 0.25) is 5.91 Å². The van der Waals surface area contributed by atoms with Crippen LogP contribution in [0.25, 0.3) is 5.83 Å². The molecule has 0 saturated heterocycles. The molecule has 5 nitrogen and oxygen atoms in total. The number of halogens is 12. The third kappa shape index (κ3) is 9.23. The lowest BCUT2D eigenvalue weighted by atomic mass is 9.94. The second-order valence-electron chi connectivity index (χ2n) is 8.45. The van der Waals surface area contributed by atoms with Gasteiger partial charge in [0, 0.05) is 5.56 Å². The van der Waals surface area contributed by atoms with Crippen LogP contribution in [0.4, 0.5) is 43.9 Å². The molecule has 41 heavy (non-hydrogen) atoms. The summed E-state index contributed by atoms with van der Waals surface area (Å²) in [5, 5.41) is 11.8. The van der Waals surface area contributed by atoms with Gasteiger partial charge in [-0.25, -0.2) is 4.39 Å². The number of hydrogen-bond acceptors (Lipinski definition) is 3. The number of allylic oxidation sites excluding steroid dienone is 1. The van der Waals surface area contributed by atoms with E-state index in [0.717, 1.165) is 19.1 Å². The first-order valence-corrected chi connectivity index (χ1v) is 11.8. The third-order valence-corrected chi connectivity index (χ3v) is 6.21. The molecule has 2 amide bonds. The Bertz CT molecular complexity index is 1320. The molecule has 0 saturated carbocycles. The number of rotatable bonds is 8. The van der Waals surface area contributed by atoms with E-state index < -0.39 is 88.6 Å². The van der Waals surface area contributed by atoms with Gasteiger partial charge in [0.1, 0.15) is 24.3 Å². The minimum atomic E-state index is -5.35. The average molecular weight is 643 g/mol. The summed E-state index contributed by atoms with van der Waals surface area (Å²) in [6, 6.07) is 0.835. The summed E-state index contributed by atoms with van der Waals surface area (Å²) in [6.45, 7) is -1.72. The van der Waals surface area contributed by atoms with E-state index in [0.29, 0.717) is 12.1 Å². The van der Waals surface area contributed by atoms with Gasteiger partial charge in [0.25, 0.3) is 5.91 Å². The lowest BCUT2D eigenvalue weighted by Crippen LogP contribution is -2.47. The van der Waals surface area contributed by atoms with Crippen LogP contribution in [0, 0.1) is 0 Å². The zero-order valence-electron chi connectivity index (χ0n) is 20.3. The number of hydrogen-bond donors (Lipinski definition) is 3. The SMILES string of the molecule is CC(NC(=O)c1ccc(/C(F)=C/C(c2cc(Cl)c(Cl)c(CO)c2)C(F)(F)F)cc1C(F)(F)F)C(=O)NCC(F)(F)F. The van der Waals surface area contributed by atoms with Crippen molar-refractivity contribution in [3.05, 3.63) is 74.3 Å². The van der Waals surface area contributed by atoms with Gasteiger partial charge in [0.05, 0.1) is 27.8 Å². The number of nitrogens with one attached hydrogen (secondary N) is 2. The molecule has 0 aliphatic carbocycles. The van der Waals surface area contributed by atoms with Gasteiger partial charge in [0.15, 0.2) is 0 Å². The number of carbonyl (C=O) groups is 2. The van der Waals surface area contributed by atoms with Crippen LogP contribution in [0.1, 0.15) is 45.5 Å². The summed E-state index contributed by atoms with van der Waals surface area (Å²) >= 11 is 11.6. The Balaban J connectivity index is 2.47. The first-order valence-electron chi connectivity index (χ1n) is 11.0. The number of carbonyl (C=O) groups excluding carboxylic acids is 2. The van der Waals surface area contributed by atoms with Crippen molar-refractivity contribution in [1.29, 1.82) is 0 Å². The van der Waals surface area contributed by atoms with Crippen molar-refractivity contribution >= 4 is 40.8 Å². The summed E-state index contributed by atoms with van der Waals surface area (Å²) < 4.78 is 134. The molecule has 0 aliphatic heterocycles.